The molecule has 0 unspecified atom stereocenters. The molecule has 0 aliphatic rings. The maximum atomic E-state index is 11.5. The normalized spacial score (nSPS) is 13.1. The molecular weight excluding hydrogens is 415 g/mol. The fourth-order valence-corrected chi connectivity index (χ4v) is 5.62. The molecule has 0 atom stereocenters. The second-order valence-corrected chi connectivity index (χ2v) is 13.3. The molecule has 0 heterocycles. The van der Waals surface area contributed by atoms with Crippen molar-refractivity contribution in [3.63, 3.8) is 0 Å². The van der Waals surface area contributed by atoms with Crippen LogP contribution in [0.4, 0.5) is 0 Å². The van der Waals surface area contributed by atoms with E-state index < -0.39 is 7.94 Å². The van der Waals surface area contributed by atoms with Crippen LogP contribution in [0.3, 0.4) is 0 Å². The van der Waals surface area contributed by atoms with Gasteiger partial charge in [-0.05, 0) is 0 Å². The van der Waals surface area contributed by atoms with Crippen LogP contribution in [0.5, 0.6) is 11.5 Å². The van der Waals surface area contributed by atoms with Crippen LogP contribution in [0.25, 0.3) is 0 Å². The van der Waals surface area contributed by atoms with Crippen LogP contribution >= 0.6 is 7.94 Å². The summed E-state index contributed by atoms with van der Waals surface area (Å²) in [6.07, 6.45) is 7.51. The van der Waals surface area contributed by atoms with E-state index in [-0.39, 0.29) is 10.8 Å². The zero-order valence-corrected chi connectivity index (χ0v) is 22.3. The predicted octanol–water partition coefficient (Wildman–Crippen LogP) is 8.59. The molecule has 0 aliphatic carbocycles. The van der Waals surface area contributed by atoms with E-state index in [1.165, 1.54) is 36.8 Å². The SMILES string of the molecule is CCCCCCCC[PH](O)(Oc1ccc(C(C)(C)C)cc1)Oc1ccc(C(C)(C)C)cc1. The van der Waals surface area contributed by atoms with E-state index >= 15 is 0 Å². The molecule has 3 nitrogen and oxygen atoms in total. The van der Waals surface area contributed by atoms with Gasteiger partial charge in [-0.2, -0.15) is 0 Å². The number of hydrogen-bond acceptors (Lipinski definition) is 3. The first-order chi connectivity index (χ1) is 14.9. The Hall–Kier alpha value is -1.57. The molecule has 0 amide bonds. The Bertz CT molecular complexity index is 739. The molecule has 0 saturated carbocycles. The molecule has 0 fully saturated rings. The minimum atomic E-state index is -3.43. The predicted molar refractivity (Wildman–Crippen MR) is 140 cm³/mol. The Balaban J connectivity index is 2.13. The van der Waals surface area contributed by atoms with Crippen molar-refractivity contribution >= 4 is 7.94 Å². The summed E-state index contributed by atoms with van der Waals surface area (Å²) in [7, 11) is -3.43. The van der Waals surface area contributed by atoms with E-state index in [0.717, 1.165) is 12.8 Å². The summed E-state index contributed by atoms with van der Waals surface area (Å²) in [6.45, 7) is 15.4. The molecule has 0 radical (unpaired) electrons. The Kier molecular flexibility index (Phi) is 9.61. The Morgan fingerprint density at radius 1 is 0.625 bits per heavy atom. The van der Waals surface area contributed by atoms with Crippen molar-refractivity contribution in [2.45, 2.75) is 97.8 Å². The van der Waals surface area contributed by atoms with Gasteiger partial charge in [-0.1, -0.05) is 0 Å². The van der Waals surface area contributed by atoms with Crippen molar-refractivity contribution in [1.29, 1.82) is 0 Å². The summed E-state index contributed by atoms with van der Waals surface area (Å²) in [5.74, 6) is 1.34. The van der Waals surface area contributed by atoms with Crippen molar-refractivity contribution in [1.82, 2.24) is 0 Å². The summed E-state index contributed by atoms with van der Waals surface area (Å²) >= 11 is 0. The number of hydrogen-bond donors (Lipinski definition) is 1. The zero-order chi connectivity index (χ0) is 23.8. The van der Waals surface area contributed by atoms with Crippen LogP contribution < -0.4 is 9.05 Å². The van der Waals surface area contributed by atoms with Crippen LogP contribution in [-0.4, -0.2) is 11.1 Å². The van der Waals surface area contributed by atoms with E-state index in [1.54, 1.807) is 0 Å². The Labute approximate surface area is 197 Å². The van der Waals surface area contributed by atoms with Gasteiger partial charge in [0, 0.05) is 0 Å². The van der Waals surface area contributed by atoms with Gasteiger partial charge in [0.15, 0.2) is 0 Å². The van der Waals surface area contributed by atoms with Crippen LogP contribution in [0.2, 0.25) is 0 Å². The summed E-state index contributed by atoms with van der Waals surface area (Å²) < 4.78 is 12.3. The van der Waals surface area contributed by atoms with Gasteiger partial charge in [0.25, 0.3) is 0 Å². The molecular formula is C28H45O3P. The molecule has 0 aromatic heterocycles. The van der Waals surface area contributed by atoms with Crippen LogP contribution in [0.15, 0.2) is 48.5 Å². The fraction of sp³-hybridized carbons (Fsp3) is 0.571. The molecule has 2 rings (SSSR count). The quantitative estimate of drug-likeness (QED) is 0.269. The average Bonchev–Trinajstić information content (AvgIpc) is 2.70. The number of rotatable bonds is 11. The molecule has 2 aromatic rings. The summed E-state index contributed by atoms with van der Waals surface area (Å²) in [4.78, 5) is 11.5. The molecule has 0 spiro atoms. The van der Waals surface area contributed by atoms with Crippen molar-refractivity contribution in [2.75, 3.05) is 6.16 Å². The van der Waals surface area contributed by atoms with Gasteiger partial charge < -0.3 is 0 Å². The average molecular weight is 461 g/mol. The number of unbranched alkanes of at least 4 members (excludes halogenated alkanes) is 5. The van der Waals surface area contributed by atoms with Crippen LogP contribution in [-0.2, 0) is 10.8 Å². The van der Waals surface area contributed by atoms with Gasteiger partial charge in [0.1, 0.15) is 0 Å². The first-order valence-corrected chi connectivity index (χ1v) is 14.2. The molecule has 1 N–H and O–H groups in total. The molecule has 180 valence electrons. The van der Waals surface area contributed by atoms with Crippen LogP contribution in [0.1, 0.15) is 98.1 Å². The van der Waals surface area contributed by atoms with Crippen molar-refractivity contribution in [3.05, 3.63) is 59.7 Å². The molecule has 0 bridgehead atoms. The topological polar surface area (TPSA) is 38.7 Å². The second kappa shape index (κ2) is 11.5. The Morgan fingerprint density at radius 3 is 1.38 bits per heavy atom. The molecule has 4 heteroatoms. The van der Waals surface area contributed by atoms with Crippen molar-refractivity contribution in [2.24, 2.45) is 0 Å². The first-order valence-electron chi connectivity index (χ1n) is 12.2. The second-order valence-electron chi connectivity index (χ2n) is 11.0. The monoisotopic (exact) mass is 460 g/mol. The first kappa shape index (κ1) is 26.7. The fourth-order valence-electron chi connectivity index (χ4n) is 3.67. The third-order valence-corrected chi connectivity index (χ3v) is 7.94. The summed E-state index contributed by atoms with van der Waals surface area (Å²) in [5, 5.41) is 0. The van der Waals surface area contributed by atoms with Gasteiger partial charge in [-0.15, -0.1) is 0 Å². The third-order valence-electron chi connectivity index (χ3n) is 5.84. The van der Waals surface area contributed by atoms with Crippen molar-refractivity contribution in [3.8, 4) is 11.5 Å². The Morgan fingerprint density at radius 2 is 1.00 bits per heavy atom. The van der Waals surface area contributed by atoms with E-state index in [4.69, 9.17) is 9.05 Å². The van der Waals surface area contributed by atoms with Gasteiger partial charge in [0.2, 0.25) is 0 Å². The standard InChI is InChI=1S/C28H45O3P/c1-8-9-10-11-12-13-22-32(29,30-25-18-14-23(15-19-25)27(2,3)4)31-26-20-16-24(17-21-26)28(5,6)7/h14-21,29,32H,8-13,22H2,1-7H3. The maximum absolute atomic E-state index is 11.5. The molecule has 0 aliphatic heterocycles. The number of benzene rings is 2. The van der Waals surface area contributed by atoms with Gasteiger partial charge in [-0.3, -0.25) is 0 Å². The van der Waals surface area contributed by atoms with Gasteiger partial charge >= 0.3 is 197 Å². The molecule has 0 saturated heterocycles. The van der Waals surface area contributed by atoms with E-state index in [0.29, 0.717) is 17.7 Å². The summed E-state index contributed by atoms with van der Waals surface area (Å²) in [5.41, 5.74) is 2.64. The van der Waals surface area contributed by atoms with E-state index in [9.17, 15) is 4.89 Å². The van der Waals surface area contributed by atoms with Gasteiger partial charge in [-0.25, -0.2) is 0 Å². The summed E-state index contributed by atoms with van der Waals surface area (Å²) in [6, 6.07) is 16.1. The molecule has 2 aromatic carbocycles. The van der Waals surface area contributed by atoms with E-state index in [2.05, 4.69) is 72.7 Å². The minimum absolute atomic E-state index is 0.0794. The van der Waals surface area contributed by atoms with E-state index in [1.807, 2.05) is 24.3 Å². The van der Waals surface area contributed by atoms with Crippen molar-refractivity contribution < 1.29 is 13.9 Å². The van der Waals surface area contributed by atoms with Gasteiger partial charge in [0.05, 0.1) is 0 Å². The third kappa shape index (κ3) is 8.75. The van der Waals surface area contributed by atoms with Crippen LogP contribution in [0, 0.1) is 0 Å². The molecule has 32 heavy (non-hydrogen) atoms. The zero-order valence-electron chi connectivity index (χ0n) is 21.3.